The van der Waals surface area contributed by atoms with Crippen LogP contribution < -0.4 is 15.3 Å². The lowest BCUT2D eigenvalue weighted by Crippen LogP contribution is -2.52. The van der Waals surface area contributed by atoms with Gasteiger partial charge in [0.15, 0.2) is 11.9 Å². The van der Waals surface area contributed by atoms with Crippen molar-refractivity contribution < 1.29 is 46.9 Å². The summed E-state index contributed by atoms with van der Waals surface area (Å²) >= 11 is 0. The first-order valence-electron chi connectivity index (χ1n) is 18.0. The number of hydrogen-bond acceptors (Lipinski definition) is 14. The highest BCUT2D eigenvalue weighted by molar-refractivity contribution is 7.52. The highest BCUT2D eigenvalue weighted by atomic mass is 31.2. The maximum atomic E-state index is 14.9. The normalized spacial score (nSPS) is 26.4. The van der Waals surface area contributed by atoms with Crippen molar-refractivity contribution in [1.29, 1.82) is 5.26 Å². The molecule has 1 saturated heterocycles. The topological polar surface area (TPSA) is 216 Å². The lowest BCUT2D eigenvalue weighted by Gasteiger charge is -2.35. The largest absolute Gasteiger partial charge is 0.464 e. The van der Waals surface area contributed by atoms with Crippen molar-refractivity contribution in [3.8, 4) is 11.8 Å². The molecule has 54 heavy (non-hydrogen) atoms. The van der Waals surface area contributed by atoms with Crippen molar-refractivity contribution in [2.24, 2.45) is 17.8 Å². The molecule has 3 aliphatic rings. The van der Waals surface area contributed by atoms with Crippen molar-refractivity contribution >= 4 is 37.0 Å². The first-order valence-corrected chi connectivity index (χ1v) is 19.5. The molecule has 290 valence electrons. The molecule has 17 heteroatoms. The Bertz CT molecular complexity index is 2020. The third-order valence-electron chi connectivity index (χ3n) is 9.69. The van der Waals surface area contributed by atoms with Crippen LogP contribution in [0.1, 0.15) is 79.5 Å². The number of carbonyl (C=O) groups is 3. The molecule has 2 aromatic heterocycles. The van der Waals surface area contributed by atoms with Crippen LogP contribution in [-0.2, 0) is 53.4 Å². The van der Waals surface area contributed by atoms with Gasteiger partial charge in [-0.3, -0.25) is 18.9 Å². The van der Waals surface area contributed by atoms with Crippen LogP contribution in [0, 0.1) is 29.1 Å². The zero-order chi connectivity index (χ0) is 39.4. The Morgan fingerprint density at radius 3 is 2.31 bits per heavy atom. The predicted octanol–water partition coefficient (Wildman–Crippen LogP) is 4.75. The van der Waals surface area contributed by atoms with E-state index in [2.05, 4.69) is 21.2 Å². The summed E-state index contributed by atoms with van der Waals surface area (Å²) in [6.07, 6.45) is -1.34. The molecule has 6 rings (SSSR count). The fourth-order valence-electron chi connectivity index (χ4n) is 6.23. The fourth-order valence-corrected chi connectivity index (χ4v) is 7.94. The average molecular weight is 767 g/mol. The zero-order valence-electron chi connectivity index (χ0n) is 31.6. The van der Waals surface area contributed by atoms with Crippen LogP contribution in [0.2, 0.25) is 0 Å². The fraction of sp³-hybridized carbons (Fsp3) is 0.568. The molecule has 0 spiro atoms. The van der Waals surface area contributed by atoms with Gasteiger partial charge in [-0.25, -0.2) is 14.1 Å². The number of aromatic nitrogens is 3. The summed E-state index contributed by atoms with van der Waals surface area (Å²) in [5.41, 5.74) is 3.17. The van der Waals surface area contributed by atoms with Crippen molar-refractivity contribution in [3.05, 3.63) is 54.0 Å². The van der Waals surface area contributed by atoms with Gasteiger partial charge in [0.05, 0.1) is 24.1 Å². The molecule has 2 unspecified atom stereocenters. The number of nitrogens with two attached hydrogens (primary N) is 1. The molecule has 1 aromatic carbocycles. The summed E-state index contributed by atoms with van der Waals surface area (Å²) in [5, 5.41) is 17.9. The minimum absolute atomic E-state index is 0.102. The predicted molar refractivity (Wildman–Crippen MR) is 192 cm³/mol. The molecule has 16 nitrogen and oxygen atoms in total. The summed E-state index contributed by atoms with van der Waals surface area (Å²) in [6.45, 7) is 14.2. The van der Waals surface area contributed by atoms with E-state index in [1.54, 1.807) is 45.9 Å². The van der Waals surface area contributed by atoms with Crippen LogP contribution in [0.5, 0.6) is 5.75 Å². The van der Waals surface area contributed by atoms with Crippen LogP contribution >= 0.6 is 7.75 Å². The van der Waals surface area contributed by atoms with E-state index in [0.717, 1.165) is 18.4 Å². The maximum Gasteiger partial charge on any atom is 0.459 e. The first-order chi connectivity index (χ1) is 25.3. The van der Waals surface area contributed by atoms with E-state index in [9.17, 15) is 24.2 Å². The third-order valence-corrected chi connectivity index (χ3v) is 11.4. The summed E-state index contributed by atoms with van der Waals surface area (Å²) in [5.74, 6) is -3.00. The summed E-state index contributed by atoms with van der Waals surface area (Å²) in [6, 6.07) is 10.9. The van der Waals surface area contributed by atoms with E-state index in [4.69, 9.17) is 33.7 Å². The number of hydrogen-bond donors (Lipinski definition) is 2. The van der Waals surface area contributed by atoms with E-state index >= 15 is 0 Å². The molecular weight excluding hydrogens is 719 g/mol. The molecular formula is C37H47N6O10P. The second-order valence-electron chi connectivity index (χ2n) is 15.8. The highest BCUT2D eigenvalue weighted by Crippen LogP contribution is 2.66. The molecule has 3 N–H and O–H groups in total. The van der Waals surface area contributed by atoms with Crippen LogP contribution in [0.3, 0.4) is 0 Å². The van der Waals surface area contributed by atoms with E-state index in [1.807, 2.05) is 32.9 Å². The average Bonchev–Trinajstić information content (AvgIpc) is 3.95. The smallest absolute Gasteiger partial charge is 0.459 e. The van der Waals surface area contributed by atoms with Crippen LogP contribution in [0.25, 0.3) is 5.52 Å². The Morgan fingerprint density at radius 2 is 1.72 bits per heavy atom. The third kappa shape index (κ3) is 7.30. The molecule has 3 fully saturated rings. The Balaban J connectivity index is 1.41. The number of nitrogens with zero attached hydrogens (tertiary/aromatic N) is 4. The number of esters is 3. The number of anilines is 1. The molecule has 3 heterocycles. The number of ether oxygens (including phenoxy) is 4. The highest BCUT2D eigenvalue weighted by Gasteiger charge is 2.88. The van der Waals surface area contributed by atoms with Gasteiger partial charge in [0.25, 0.3) is 0 Å². The van der Waals surface area contributed by atoms with Gasteiger partial charge in [-0.2, -0.15) is 15.4 Å². The molecule has 0 radical (unpaired) electrons. The van der Waals surface area contributed by atoms with E-state index in [-0.39, 0.29) is 35.2 Å². The Hall–Kier alpha value is -4.55. The number of rotatable bonds is 14. The number of benzene rings is 1. The van der Waals surface area contributed by atoms with Gasteiger partial charge >= 0.3 is 25.7 Å². The number of nitrogen functional groups attached to an aromatic ring is 1. The zero-order valence-corrected chi connectivity index (χ0v) is 32.5. The van der Waals surface area contributed by atoms with Crippen molar-refractivity contribution in [3.63, 3.8) is 0 Å². The monoisotopic (exact) mass is 766 g/mol. The summed E-state index contributed by atoms with van der Waals surface area (Å²) in [7, 11) is -4.62. The lowest BCUT2D eigenvalue weighted by atomic mass is 9.87. The molecule has 1 aliphatic heterocycles. The molecule has 0 bridgehead atoms. The van der Waals surface area contributed by atoms with Crippen molar-refractivity contribution in [2.75, 3.05) is 12.3 Å². The van der Waals surface area contributed by atoms with Gasteiger partial charge in [-0.15, -0.1) is 0 Å². The van der Waals surface area contributed by atoms with E-state index in [1.165, 1.54) is 23.8 Å². The number of nitrogens with one attached hydrogen (secondary N) is 1. The number of carbonyl (C=O) groups excluding carboxylic acids is 3. The SMILES string of the molecule is CC(C)C(=O)O[C@@H]1[C@@]2(OC(=O)C(C)C)C(OP(=O)(N[C@@H](C)C(=O)OCC3CC3)Oc3ccc(C(C)(C)C)cc3)[C@H]2O[C@@]1(C#N)c1ccc2c(N)ncnn12. The van der Waals surface area contributed by atoms with Crippen LogP contribution in [0.4, 0.5) is 5.82 Å². The van der Waals surface area contributed by atoms with Crippen molar-refractivity contribution in [1.82, 2.24) is 19.7 Å². The molecule has 3 aromatic rings. The maximum absolute atomic E-state index is 14.9. The van der Waals surface area contributed by atoms with Gasteiger partial charge in [-0.1, -0.05) is 60.6 Å². The van der Waals surface area contributed by atoms with Gasteiger partial charge in [0, 0.05) is 0 Å². The molecule has 0 amide bonds. The van der Waals surface area contributed by atoms with E-state index in [0.29, 0.717) is 5.52 Å². The van der Waals surface area contributed by atoms with Crippen molar-refractivity contribution in [2.45, 2.75) is 109 Å². The lowest BCUT2D eigenvalue weighted by molar-refractivity contribution is -0.187. The Kier molecular flexibility index (Phi) is 10.3. The quantitative estimate of drug-likeness (QED) is 0.129. The van der Waals surface area contributed by atoms with Gasteiger partial charge < -0.3 is 29.2 Å². The summed E-state index contributed by atoms with van der Waals surface area (Å²) < 4.78 is 52.6. The second-order valence-corrected chi connectivity index (χ2v) is 17.4. The van der Waals surface area contributed by atoms with E-state index < -0.39 is 73.0 Å². The standard InChI is InChI=1S/C37H47N6O10P/c1-20(2)31(44)49-34-36(18-38,27-16-15-26-30(39)40-19-41-43(26)27)50-28-29(37(28,34)51-32(45)21(3)4)53-54(47,42-22(5)33(46)48-17-23-9-10-23)52-25-13-11-24(12-14-25)35(6,7)8/h11-16,19-23,28-29,34H,9-10,17H2,1-8H3,(H,42,47)(H2,39,40,41)/t22-,28+,29?,34-,36-,37-,54?/m0/s1. The molecule has 7 atom stereocenters. The van der Waals surface area contributed by atoms with Crippen LogP contribution in [-0.4, -0.2) is 69.1 Å². The van der Waals surface area contributed by atoms with Gasteiger partial charge in [0.2, 0.25) is 11.2 Å². The number of nitriles is 1. The van der Waals surface area contributed by atoms with Crippen LogP contribution in [0.15, 0.2) is 42.7 Å². The second kappa shape index (κ2) is 14.3. The van der Waals surface area contributed by atoms with Gasteiger partial charge in [-0.05, 0) is 60.9 Å². The minimum atomic E-state index is -4.62. The first kappa shape index (κ1) is 39.2. The number of fused-ring (bicyclic) bond motifs is 2. The summed E-state index contributed by atoms with van der Waals surface area (Å²) in [4.78, 5) is 43.9. The molecule has 2 saturated carbocycles. The Labute approximate surface area is 313 Å². The molecule has 2 aliphatic carbocycles. The minimum Gasteiger partial charge on any atom is -0.464 e. The Morgan fingerprint density at radius 1 is 1.06 bits per heavy atom. The van der Waals surface area contributed by atoms with Gasteiger partial charge in [0.1, 0.15) is 41.9 Å².